The van der Waals surface area contributed by atoms with Crippen LogP contribution in [-0.2, 0) is 31.0 Å². The Hall–Kier alpha value is -6.10. The maximum Gasteiger partial charge on any atom is 0.260 e. The highest BCUT2D eigenvalue weighted by Crippen LogP contribution is 2.64. The number of fused-ring (bicyclic) bond motifs is 4. The summed E-state index contributed by atoms with van der Waals surface area (Å²) in [7, 11) is 2.85. The van der Waals surface area contributed by atoms with Gasteiger partial charge in [-0.3, -0.25) is 29.5 Å². The van der Waals surface area contributed by atoms with Gasteiger partial charge in [-0.15, -0.1) is 0 Å². The van der Waals surface area contributed by atoms with E-state index >= 15 is 4.79 Å². The minimum Gasteiger partial charge on any atom is -0.508 e. The molecular weight excluding hydrogens is 686 g/mol. The Kier molecular flexibility index (Phi) is 8.67. The standard InChI is InChI=1S/C43H41N3O8/c1-24-9-13-28(14-10-24)44-46-40(50)33-23-32-30(17-18-31-36(32)41(51)45(39(31)49)20-19-25-11-15-29(47)16-12-25)37(26-21-34(53-2)38(48)35(22-26)54-3)43(33,42(46)52)27-7-5-4-6-8-27/h4-17,21-22,31-33,36-37,44,47-48H,18-20,23H2,1-3H3/t31-,32+,33-,36-,37-,43+/m0/s1. The molecule has 3 fully saturated rings. The number of ether oxygens (including phenoxy) is 2. The van der Waals surface area contributed by atoms with E-state index in [1.165, 1.54) is 19.1 Å². The molecule has 6 atom stereocenters. The number of imide groups is 2. The summed E-state index contributed by atoms with van der Waals surface area (Å²) in [5.74, 6) is -4.92. The lowest BCUT2D eigenvalue weighted by Gasteiger charge is -2.50. The lowest BCUT2D eigenvalue weighted by atomic mass is 9.49. The van der Waals surface area contributed by atoms with Gasteiger partial charge in [0, 0.05) is 12.5 Å². The number of aromatic hydroxyl groups is 2. The number of anilines is 1. The van der Waals surface area contributed by atoms with E-state index in [-0.39, 0.29) is 54.2 Å². The van der Waals surface area contributed by atoms with Crippen molar-refractivity contribution >= 4 is 29.3 Å². The third kappa shape index (κ3) is 5.32. The molecular formula is C43H41N3O8. The molecule has 4 aliphatic rings. The second kappa shape index (κ2) is 13.4. The molecule has 1 saturated carbocycles. The molecule has 0 radical (unpaired) electrons. The number of amides is 4. The molecule has 0 bridgehead atoms. The van der Waals surface area contributed by atoms with Crippen molar-refractivity contribution in [2.24, 2.45) is 23.7 Å². The number of allylic oxidation sites excluding steroid dienone is 2. The SMILES string of the molecule is COc1cc([C@H]2C3=CC[C@@H]4C(=O)N(CCc5ccc(O)cc5)C(=O)[C@@H]4[C@@H]3C[C@H]3C(=O)N(Nc4ccc(C)cc4)C(=O)[C@@]23c2ccccc2)cc(OC)c1O. The van der Waals surface area contributed by atoms with Crippen LogP contribution in [0.5, 0.6) is 23.0 Å². The number of aryl methyl sites for hydroxylation is 1. The van der Waals surface area contributed by atoms with Crippen molar-refractivity contribution < 1.29 is 38.9 Å². The molecule has 11 nitrogen and oxygen atoms in total. The number of phenolic OH excluding ortho intramolecular Hbond substituents is 2. The number of nitrogens with zero attached hydrogens (tertiary/aromatic N) is 2. The van der Waals surface area contributed by atoms with Gasteiger partial charge in [0.25, 0.3) is 11.8 Å². The van der Waals surface area contributed by atoms with E-state index in [0.717, 1.165) is 21.7 Å². The molecule has 4 aromatic carbocycles. The van der Waals surface area contributed by atoms with Crippen LogP contribution in [0.3, 0.4) is 0 Å². The maximum atomic E-state index is 15.4. The van der Waals surface area contributed by atoms with Crippen molar-refractivity contribution in [3.63, 3.8) is 0 Å². The number of benzene rings is 4. The molecule has 2 saturated heterocycles. The van der Waals surface area contributed by atoms with Crippen molar-refractivity contribution in [2.75, 3.05) is 26.2 Å². The summed E-state index contributed by atoms with van der Waals surface area (Å²) in [6, 6.07) is 26.7. The van der Waals surface area contributed by atoms with E-state index in [1.54, 1.807) is 36.4 Å². The fourth-order valence-electron chi connectivity index (χ4n) is 9.39. The zero-order valence-corrected chi connectivity index (χ0v) is 30.2. The molecule has 2 aliphatic heterocycles. The minimum absolute atomic E-state index is 0.124. The van der Waals surface area contributed by atoms with Gasteiger partial charge < -0.3 is 19.7 Å². The molecule has 2 aliphatic carbocycles. The Morgan fingerprint density at radius 1 is 0.815 bits per heavy atom. The lowest BCUT2D eigenvalue weighted by molar-refractivity contribution is -0.141. The van der Waals surface area contributed by atoms with Crippen LogP contribution in [0.4, 0.5) is 5.69 Å². The molecule has 4 amide bonds. The first-order valence-corrected chi connectivity index (χ1v) is 18.1. The van der Waals surface area contributed by atoms with Crippen molar-refractivity contribution in [1.29, 1.82) is 0 Å². The molecule has 0 aromatic heterocycles. The molecule has 0 unspecified atom stereocenters. The zero-order chi connectivity index (χ0) is 37.9. The molecule has 276 valence electrons. The normalized spacial score (nSPS) is 25.9. The maximum absolute atomic E-state index is 15.4. The predicted octanol–water partition coefficient (Wildman–Crippen LogP) is 5.65. The molecule has 8 rings (SSSR count). The number of carbonyl (C=O) groups is 4. The molecule has 0 spiro atoms. The van der Waals surface area contributed by atoms with Crippen LogP contribution in [0.15, 0.2) is 103 Å². The van der Waals surface area contributed by atoms with Crippen LogP contribution in [0.1, 0.15) is 41.0 Å². The largest absolute Gasteiger partial charge is 0.508 e. The lowest BCUT2D eigenvalue weighted by Crippen LogP contribution is -2.53. The van der Waals surface area contributed by atoms with Crippen molar-refractivity contribution in [1.82, 2.24) is 9.91 Å². The first-order chi connectivity index (χ1) is 26.1. The topological polar surface area (TPSA) is 146 Å². The Bertz CT molecular complexity index is 2160. The van der Waals surface area contributed by atoms with Gasteiger partial charge in [0.1, 0.15) is 5.75 Å². The van der Waals surface area contributed by atoms with Crippen LogP contribution in [0.2, 0.25) is 0 Å². The highest BCUT2D eigenvalue weighted by Gasteiger charge is 2.70. The van der Waals surface area contributed by atoms with Gasteiger partial charge in [0.05, 0.1) is 43.1 Å². The number of hydrogen-bond donors (Lipinski definition) is 3. The van der Waals surface area contributed by atoms with Gasteiger partial charge in [-0.1, -0.05) is 71.8 Å². The molecule has 4 aromatic rings. The Morgan fingerprint density at radius 3 is 2.13 bits per heavy atom. The summed E-state index contributed by atoms with van der Waals surface area (Å²) in [4.78, 5) is 60.1. The van der Waals surface area contributed by atoms with Gasteiger partial charge >= 0.3 is 0 Å². The monoisotopic (exact) mass is 727 g/mol. The van der Waals surface area contributed by atoms with E-state index in [1.807, 2.05) is 67.6 Å². The van der Waals surface area contributed by atoms with Crippen molar-refractivity contribution in [2.45, 2.75) is 37.5 Å². The summed E-state index contributed by atoms with van der Waals surface area (Å²) in [6.45, 7) is 2.13. The number of hydrogen-bond acceptors (Lipinski definition) is 9. The van der Waals surface area contributed by atoms with Crippen LogP contribution in [0.25, 0.3) is 0 Å². The Labute approximate surface area is 312 Å². The average molecular weight is 728 g/mol. The number of nitrogens with one attached hydrogen (secondary N) is 1. The molecule has 2 heterocycles. The number of methoxy groups -OCH3 is 2. The van der Waals surface area contributed by atoms with Crippen LogP contribution in [-0.4, -0.2) is 64.5 Å². The number of hydrazine groups is 1. The van der Waals surface area contributed by atoms with Crippen molar-refractivity contribution in [3.05, 3.63) is 125 Å². The van der Waals surface area contributed by atoms with Gasteiger partial charge in [-0.05, 0) is 85.2 Å². The highest BCUT2D eigenvalue weighted by atomic mass is 16.5. The van der Waals surface area contributed by atoms with E-state index in [2.05, 4.69) is 5.43 Å². The van der Waals surface area contributed by atoms with Gasteiger partial charge in [-0.2, -0.15) is 5.01 Å². The minimum atomic E-state index is -1.48. The van der Waals surface area contributed by atoms with E-state index in [0.29, 0.717) is 23.2 Å². The third-order valence-corrected chi connectivity index (χ3v) is 11.9. The van der Waals surface area contributed by atoms with Crippen LogP contribution in [0, 0.1) is 30.6 Å². The third-order valence-electron chi connectivity index (χ3n) is 11.9. The number of carbonyl (C=O) groups excluding carboxylic acids is 4. The second-order valence-corrected chi connectivity index (χ2v) is 14.6. The zero-order valence-electron chi connectivity index (χ0n) is 30.2. The fraction of sp³-hybridized carbons (Fsp3) is 0.302. The quantitative estimate of drug-likeness (QED) is 0.147. The van der Waals surface area contributed by atoms with Crippen LogP contribution < -0.4 is 14.9 Å². The summed E-state index contributed by atoms with van der Waals surface area (Å²) >= 11 is 0. The van der Waals surface area contributed by atoms with Gasteiger partial charge in [0.2, 0.25) is 17.6 Å². The number of phenols is 2. The summed E-state index contributed by atoms with van der Waals surface area (Å²) < 4.78 is 11.2. The van der Waals surface area contributed by atoms with Crippen molar-refractivity contribution in [3.8, 4) is 23.0 Å². The first-order valence-electron chi connectivity index (χ1n) is 18.1. The summed E-state index contributed by atoms with van der Waals surface area (Å²) in [5.41, 5.74) is 6.05. The molecule has 54 heavy (non-hydrogen) atoms. The Morgan fingerprint density at radius 2 is 1.48 bits per heavy atom. The van der Waals surface area contributed by atoms with E-state index in [4.69, 9.17) is 9.47 Å². The number of rotatable bonds is 9. The first kappa shape index (κ1) is 35.0. The second-order valence-electron chi connectivity index (χ2n) is 14.6. The van der Waals surface area contributed by atoms with E-state index in [9.17, 15) is 24.6 Å². The fourth-order valence-corrected chi connectivity index (χ4v) is 9.39. The van der Waals surface area contributed by atoms with Gasteiger partial charge in [-0.25, -0.2) is 0 Å². The summed E-state index contributed by atoms with van der Waals surface area (Å²) in [5, 5.41) is 21.8. The predicted molar refractivity (Wildman–Crippen MR) is 199 cm³/mol. The number of likely N-dealkylation sites (tertiary alicyclic amines) is 1. The molecule has 11 heteroatoms. The van der Waals surface area contributed by atoms with Gasteiger partial charge in [0.15, 0.2) is 11.5 Å². The van der Waals surface area contributed by atoms with Crippen LogP contribution >= 0.6 is 0 Å². The summed E-state index contributed by atoms with van der Waals surface area (Å²) in [6.07, 6.45) is 2.85. The molecule has 3 N–H and O–H groups in total. The smallest absolute Gasteiger partial charge is 0.260 e. The average Bonchev–Trinajstić information content (AvgIpc) is 3.56. The van der Waals surface area contributed by atoms with E-state index < -0.39 is 46.8 Å². The highest BCUT2D eigenvalue weighted by molar-refractivity contribution is 6.13. The Balaban J connectivity index is 1.28.